The van der Waals surface area contributed by atoms with Gasteiger partial charge in [0.25, 0.3) is 0 Å². The van der Waals surface area contributed by atoms with Crippen LogP contribution in [0.5, 0.6) is 0 Å². The van der Waals surface area contributed by atoms with E-state index in [0.717, 1.165) is 37.6 Å². The van der Waals surface area contributed by atoms with Crippen LogP contribution in [0.4, 0.5) is 0 Å². The van der Waals surface area contributed by atoms with Crippen molar-refractivity contribution in [3.8, 4) is 0 Å². The number of nitrogens with zero attached hydrogens (tertiary/aromatic N) is 3. The summed E-state index contributed by atoms with van der Waals surface area (Å²) < 4.78 is 7.15. The normalized spacial score (nSPS) is 16.3. The molecule has 0 saturated carbocycles. The van der Waals surface area contributed by atoms with E-state index in [-0.39, 0.29) is 0 Å². The number of hydrogen-bond acceptors (Lipinski definition) is 5. The fourth-order valence-electron chi connectivity index (χ4n) is 3.28. The number of nitrogens with one attached hydrogen (secondary N) is 1. The summed E-state index contributed by atoms with van der Waals surface area (Å²) in [5.41, 5.74) is 1.30. The largest absolute Gasteiger partial charge is 0.377 e. The summed E-state index contributed by atoms with van der Waals surface area (Å²) in [7, 11) is 1.67. The van der Waals surface area contributed by atoms with Gasteiger partial charge in [0.1, 0.15) is 12.4 Å². The smallest absolute Gasteiger partial charge is 0.176 e. The third-order valence-electron chi connectivity index (χ3n) is 4.67. The summed E-state index contributed by atoms with van der Waals surface area (Å²) in [6, 6.07) is 19.7. The molecule has 4 rings (SSSR count). The zero-order valence-corrected chi connectivity index (χ0v) is 16.3. The summed E-state index contributed by atoms with van der Waals surface area (Å²) in [5, 5.41) is 8.20. The SMILES string of the molecule is COCc1nc2n(n1)CC(NCc1ccc(Sc3ccccc3)cc1)CC2. The van der Waals surface area contributed by atoms with Gasteiger partial charge in [-0.25, -0.2) is 9.67 Å². The molecule has 2 aromatic carbocycles. The molecule has 0 bridgehead atoms. The van der Waals surface area contributed by atoms with Crippen molar-refractivity contribution in [3.05, 3.63) is 71.8 Å². The third kappa shape index (κ3) is 4.77. The second-order valence-electron chi connectivity index (χ2n) is 6.73. The van der Waals surface area contributed by atoms with Crippen molar-refractivity contribution in [1.82, 2.24) is 20.1 Å². The minimum absolute atomic E-state index is 0.424. The first-order chi connectivity index (χ1) is 13.3. The van der Waals surface area contributed by atoms with Crippen molar-refractivity contribution in [2.24, 2.45) is 0 Å². The van der Waals surface area contributed by atoms with Crippen molar-refractivity contribution in [3.63, 3.8) is 0 Å². The van der Waals surface area contributed by atoms with E-state index < -0.39 is 0 Å². The van der Waals surface area contributed by atoms with Crippen LogP contribution in [0.1, 0.15) is 23.6 Å². The van der Waals surface area contributed by atoms with Gasteiger partial charge in [-0.3, -0.25) is 0 Å². The fraction of sp³-hybridized carbons (Fsp3) is 0.333. The van der Waals surface area contributed by atoms with Crippen LogP contribution in [0.25, 0.3) is 0 Å². The molecular formula is C21H24N4OS. The van der Waals surface area contributed by atoms with Crippen molar-refractivity contribution in [2.45, 2.75) is 48.4 Å². The monoisotopic (exact) mass is 380 g/mol. The average Bonchev–Trinajstić information content (AvgIpc) is 3.10. The van der Waals surface area contributed by atoms with Crippen LogP contribution in [0.15, 0.2) is 64.4 Å². The number of rotatable bonds is 7. The molecule has 1 unspecified atom stereocenters. The molecule has 1 atom stereocenters. The Balaban J connectivity index is 1.30. The lowest BCUT2D eigenvalue weighted by molar-refractivity contribution is 0.177. The standard InChI is InChI=1S/C21H24N4OS/c1-26-15-20-23-21-12-9-17(14-25(21)24-20)22-13-16-7-10-19(11-8-16)27-18-5-3-2-4-6-18/h2-8,10-11,17,22H,9,12-15H2,1H3. The first-order valence-electron chi connectivity index (χ1n) is 9.27. The van der Waals surface area contributed by atoms with E-state index in [0.29, 0.717) is 12.6 Å². The number of fused-ring (bicyclic) bond motifs is 1. The molecule has 140 valence electrons. The molecule has 0 aliphatic carbocycles. The first kappa shape index (κ1) is 18.2. The fourth-order valence-corrected chi connectivity index (χ4v) is 4.12. The summed E-state index contributed by atoms with van der Waals surface area (Å²) in [4.78, 5) is 7.06. The molecule has 0 fully saturated rings. The Kier molecular flexibility index (Phi) is 5.87. The lowest BCUT2D eigenvalue weighted by Gasteiger charge is -2.23. The van der Waals surface area contributed by atoms with Crippen LogP contribution < -0.4 is 5.32 Å². The zero-order valence-electron chi connectivity index (χ0n) is 15.5. The van der Waals surface area contributed by atoms with Crippen molar-refractivity contribution >= 4 is 11.8 Å². The van der Waals surface area contributed by atoms with Crippen LogP contribution in [0.3, 0.4) is 0 Å². The van der Waals surface area contributed by atoms with E-state index in [4.69, 9.17) is 4.74 Å². The van der Waals surface area contributed by atoms with Crippen LogP contribution in [0.2, 0.25) is 0 Å². The van der Waals surface area contributed by atoms with Gasteiger partial charge in [-0.15, -0.1) is 0 Å². The highest BCUT2D eigenvalue weighted by molar-refractivity contribution is 7.99. The van der Waals surface area contributed by atoms with Crippen molar-refractivity contribution in [2.75, 3.05) is 7.11 Å². The zero-order chi connectivity index (χ0) is 18.5. The number of ether oxygens (including phenoxy) is 1. The molecule has 1 aliphatic rings. The van der Waals surface area contributed by atoms with Gasteiger partial charge in [-0.1, -0.05) is 42.1 Å². The average molecular weight is 381 g/mol. The number of methoxy groups -OCH3 is 1. The maximum atomic E-state index is 5.13. The topological polar surface area (TPSA) is 52.0 Å². The second-order valence-corrected chi connectivity index (χ2v) is 7.88. The minimum Gasteiger partial charge on any atom is -0.377 e. The summed E-state index contributed by atoms with van der Waals surface area (Å²) in [5.74, 6) is 1.85. The molecule has 6 heteroatoms. The van der Waals surface area contributed by atoms with Gasteiger partial charge in [0.15, 0.2) is 5.82 Å². The quantitative estimate of drug-likeness (QED) is 0.678. The van der Waals surface area contributed by atoms with Gasteiger partial charge in [0, 0.05) is 35.9 Å². The molecule has 3 aromatic rings. The molecule has 1 aliphatic heterocycles. The predicted molar refractivity (Wildman–Crippen MR) is 107 cm³/mol. The predicted octanol–water partition coefficient (Wildman–Crippen LogP) is 3.68. The maximum absolute atomic E-state index is 5.13. The van der Waals surface area contributed by atoms with E-state index >= 15 is 0 Å². The second kappa shape index (κ2) is 8.69. The Bertz CT molecular complexity index is 864. The molecule has 1 N–H and O–H groups in total. The highest BCUT2D eigenvalue weighted by atomic mass is 32.2. The number of hydrogen-bond donors (Lipinski definition) is 1. The summed E-state index contributed by atoms with van der Waals surface area (Å²) in [6.07, 6.45) is 2.05. The van der Waals surface area contributed by atoms with Gasteiger partial charge < -0.3 is 10.1 Å². The van der Waals surface area contributed by atoms with Gasteiger partial charge >= 0.3 is 0 Å². The van der Waals surface area contributed by atoms with E-state index in [1.165, 1.54) is 15.4 Å². The van der Waals surface area contributed by atoms with Crippen LogP contribution in [-0.2, 0) is 30.9 Å². The van der Waals surface area contributed by atoms with E-state index in [1.807, 2.05) is 10.7 Å². The molecule has 0 amide bonds. The molecular weight excluding hydrogens is 356 g/mol. The molecule has 1 aromatic heterocycles. The Morgan fingerprint density at radius 3 is 2.67 bits per heavy atom. The molecule has 2 heterocycles. The van der Waals surface area contributed by atoms with Gasteiger partial charge in [0.05, 0.1) is 6.54 Å². The summed E-state index contributed by atoms with van der Waals surface area (Å²) >= 11 is 1.79. The van der Waals surface area contributed by atoms with Crippen LogP contribution in [-0.4, -0.2) is 27.9 Å². The minimum atomic E-state index is 0.424. The molecule has 5 nitrogen and oxygen atoms in total. The molecule has 0 spiro atoms. The third-order valence-corrected chi connectivity index (χ3v) is 5.69. The molecule has 27 heavy (non-hydrogen) atoms. The number of benzene rings is 2. The molecule has 0 radical (unpaired) electrons. The molecule has 0 saturated heterocycles. The van der Waals surface area contributed by atoms with Crippen LogP contribution in [0, 0.1) is 0 Å². The van der Waals surface area contributed by atoms with Crippen molar-refractivity contribution in [1.29, 1.82) is 0 Å². The Labute approximate surface area is 164 Å². The highest BCUT2D eigenvalue weighted by Crippen LogP contribution is 2.27. The van der Waals surface area contributed by atoms with Crippen molar-refractivity contribution < 1.29 is 4.74 Å². The van der Waals surface area contributed by atoms with E-state index in [2.05, 4.69) is 63.9 Å². The maximum Gasteiger partial charge on any atom is 0.176 e. The van der Waals surface area contributed by atoms with Crippen LogP contribution >= 0.6 is 11.8 Å². The Morgan fingerprint density at radius 2 is 1.89 bits per heavy atom. The van der Waals surface area contributed by atoms with E-state index in [9.17, 15) is 0 Å². The summed E-state index contributed by atoms with van der Waals surface area (Å²) in [6.45, 7) is 2.22. The lowest BCUT2D eigenvalue weighted by Crippen LogP contribution is -2.37. The lowest BCUT2D eigenvalue weighted by atomic mass is 10.1. The Morgan fingerprint density at radius 1 is 1.11 bits per heavy atom. The highest BCUT2D eigenvalue weighted by Gasteiger charge is 2.21. The van der Waals surface area contributed by atoms with Gasteiger partial charge in [-0.2, -0.15) is 5.10 Å². The Hall–Kier alpha value is -2.15. The van der Waals surface area contributed by atoms with Gasteiger partial charge in [0.2, 0.25) is 0 Å². The van der Waals surface area contributed by atoms with Gasteiger partial charge in [-0.05, 0) is 36.2 Å². The van der Waals surface area contributed by atoms with E-state index in [1.54, 1.807) is 18.9 Å². The number of aryl methyl sites for hydroxylation is 1. The number of aromatic nitrogens is 3. The first-order valence-corrected chi connectivity index (χ1v) is 10.1.